The molecule has 0 spiro atoms. The number of imide groups is 1. The highest BCUT2D eigenvalue weighted by molar-refractivity contribution is 8.00. The highest BCUT2D eigenvalue weighted by Gasteiger charge is 2.69. The maximum absolute atomic E-state index is 13.8. The fraction of sp³-hybridized carbons (Fsp3) is 0.370. The second-order valence-electron chi connectivity index (χ2n) is 10.1. The van der Waals surface area contributed by atoms with Crippen LogP contribution in [0.15, 0.2) is 52.3 Å². The van der Waals surface area contributed by atoms with Crippen LogP contribution in [0.5, 0.6) is 17.2 Å². The lowest BCUT2D eigenvalue weighted by Crippen LogP contribution is -2.42. The van der Waals surface area contributed by atoms with Crippen LogP contribution in [0.2, 0.25) is 0 Å². The van der Waals surface area contributed by atoms with E-state index in [-0.39, 0.29) is 63.2 Å². The first-order chi connectivity index (χ1) is 17.9. The Kier molecular flexibility index (Phi) is 5.04. The number of aromatic amines is 1. The van der Waals surface area contributed by atoms with Gasteiger partial charge in [-0.25, -0.2) is 0 Å². The van der Waals surface area contributed by atoms with Gasteiger partial charge >= 0.3 is 4.87 Å². The zero-order chi connectivity index (χ0) is 25.6. The zero-order valence-electron chi connectivity index (χ0n) is 20.0. The van der Waals surface area contributed by atoms with Gasteiger partial charge in [-0.3, -0.25) is 19.3 Å². The molecule has 2 saturated carbocycles. The van der Waals surface area contributed by atoms with Crippen molar-refractivity contribution in [2.45, 2.75) is 22.6 Å². The number of H-pyrrole nitrogens is 1. The van der Waals surface area contributed by atoms with Gasteiger partial charge in [-0.1, -0.05) is 17.4 Å². The number of phenolic OH excluding ortho intramolecular Hbond substituents is 1. The fourth-order valence-electron chi connectivity index (χ4n) is 7.26. The fourth-order valence-corrected chi connectivity index (χ4v) is 10.2. The molecule has 2 bridgehead atoms. The number of fused-ring (bicyclic) bond motifs is 9. The average molecular weight is 537 g/mol. The standard InChI is InChI=1S/C27H24N2O6S2/c1-34-13-6-4-12(5-7-13)29-25(31)20-14-10-15(21(20)26(29)32)22-19(14)18(23-24(36-22)28-27(33)37-23)11-3-8-16(30)17(9-11)35-2/h3-9,14-15,18-22,30H,10H2,1-2H3,(H,28,33)/t14-,15-,18?,19?,20?,21?,22?/m1/s1. The minimum absolute atomic E-state index is 0.0161. The molecule has 3 fully saturated rings. The number of amides is 2. The van der Waals surface area contributed by atoms with Crippen LogP contribution in [0.1, 0.15) is 22.8 Å². The number of methoxy groups -OCH3 is 2. The number of aromatic nitrogens is 1. The SMILES string of the molecule is COc1ccc(N2C(=O)C3C(C2=O)[C@@H]2C[C@H]3C3Sc4[nH]c(=O)sc4C(c4ccc(O)c(OC)c4)C32)cc1. The van der Waals surface area contributed by atoms with Crippen molar-refractivity contribution in [2.24, 2.45) is 29.6 Å². The minimum atomic E-state index is -0.375. The van der Waals surface area contributed by atoms with E-state index in [2.05, 4.69) is 4.98 Å². The number of benzene rings is 2. The van der Waals surface area contributed by atoms with Crippen LogP contribution in [0.25, 0.3) is 0 Å². The van der Waals surface area contributed by atoms with Gasteiger partial charge in [-0.15, -0.1) is 11.8 Å². The molecule has 2 amide bonds. The number of aromatic hydroxyl groups is 1. The molecule has 1 saturated heterocycles. The molecule has 4 aliphatic rings. The maximum Gasteiger partial charge on any atom is 0.305 e. The van der Waals surface area contributed by atoms with Gasteiger partial charge in [0.2, 0.25) is 11.8 Å². The van der Waals surface area contributed by atoms with Crippen LogP contribution >= 0.6 is 23.1 Å². The van der Waals surface area contributed by atoms with Crippen LogP contribution < -0.4 is 19.2 Å². The third-order valence-corrected chi connectivity index (χ3v) is 11.2. The molecule has 7 rings (SSSR count). The van der Waals surface area contributed by atoms with E-state index in [9.17, 15) is 19.5 Å². The normalized spacial score (nSPS) is 31.3. The van der Waals surface area contributed by atoms with E-state index in [1.807, 2.05) is 12.1 Å². The molecule has 190 valence electrons. The summed E-state index contributed by atoms with van der Waals surface area (Å²) in [6.07, 6.45) is 0.816. The van der Waals surface area contributed by atoms with Gasteiger partial charge in [-0.2, -0.15) is 0 Å². The molecule has 10 heteroatoms. The molecule has 2 N–H and O–H groups in total. The molecular formula is C27H24N2O6S2. The summed E-state index contributed by atoms with van der Waals surface area (Å²) < 4.78 is 10.6. The predicted octanol–water partition coefficient (Wildman–Crippen LogP) is 3.84. The number of nitrogens with one attached hydrogen (secondary N) is 1. The Hall–Kier alpha value is -3.24. The number of rotatable bonds is 4. The van der Waals surface area contributed by atoms with E-state index < -0.39 is 0 Å². The van der Waals surface area contributed by atoms with Crippen LogP contribution in [-0.4, -0.2) is 41.4 Å². The average Bonchev–Trinajstić information content (AvgIpc) is 3.63. The van der Waals surface area contributed by atoms with Crippen molar-refractivity contribution in [1.29, 1.82) is 0 Å². The van der Waals surface area contributed by atoms with Gasteiger partial charge in [0.1, 0.15) is 5.75 Å². The number of carbonyl (C=O) groups excluding carboxylic acids is 2. The van der Waals surface area contributed by atoms with Crippen molar-refractivity contribution in [3.05, 3.63) is 62.6 Å². The van der Waals surface area contributed by atoms with Gasteiger partial charge in [0, 0.05) is 16.0 Å². The van der Waals surface area contributed by atoms with Crippen molar-refractivity contribution < 1.29 is 24.2 Å². The number of carbonyl (C=O) groups is 2. The summed E-state index contributed by atoms with van der Waals surface area (Å²) in [5, 5.41) is 11.2. The van der Waals surface area contributed by atoms with Crippen LogP contribution in [0, 0.1) is 29.6 Å². The lowest BCUT2D eigenvalue weighted by Gasteiger charge is -2.43. The van der Waals surface area contributed by atoms with E-state index in [1.54, 1.807) is 49.2 Å². The molecule has 3 aromatic rings. The molecular weight excluding hydrogens is 512 g/mol. The number of anilines is 1. The topological polar surface area (TPSA) is 109 Å². The van der Waals surface area contributed by atoms with Crippen LogP contribution in [0.4, 0.5) is 5.69 Å². The first kappa shape index (κ1) is 22.9. The number of thioether (sulfide) groups is 1. The summed E-state index contributed by atoms with van der Waals surface area (Å²) in [5.41, 5.74) is 1.51. The summed E-state index contributed by atoms with van der Waals surface area (Å²) in [6.45, 7) is 0. The number of nitrogens with zero attached hydrogens (tertiary/aromatic N) is 1. The zero-order valence-corrected chi connectivity index (χ0v) is 21.7. The van der Waals surface area contributed by atoms with Gasteiger partial charge in [0.15, 0.2) is 11.5 Å². The van der Waals surface area contributed by atoms with Crippen molar-refractivity contribution >= 4 is 40.6 Å². The first-order valence-electron chi connectivity index (χ1n) is 12.2. The molecule has 5 unspecified atom stereocenters. The van der Waals surface area contributed by atoms with E-state index >= 15 is 0 Å². The number of phenols is 1. The van der Waals surface area contributed by atoms with Crippen molar-refractivity contribution in [2.75, 3.05) is 19.1 Å². The molecule has 0 radical (unpaired) electrons. The summed E-state index contributed by atoms with van der Waals surface area (Å²) >= 11 is 2.86. The molecule has 2 aromatic carbocycles. The Bertz CT molecular complexity index is 1500. The molecule has 8 nitrogen and oxygen atoms in total. The Labute approximate surface area is 220 Å². The summed E-state index contributed by atoms with van der Waals surface area (Å²) in [5.74, 6) is 0.111. The van der Waals surface area contributed by atoms with Gasteiger partial charge in [-0.05, 0) is 66.1 Å². The minimum Gasteiger partial charge on any atom is -0.504 e. The molecule has 1 aromatic heterocycles. The Balaban J connectivity index is 1.31. The van der Waals surface area contributed by atoms with E-state index in [4.69, 9.17) is 9.47 Å². The van der Waals surface area contributed by atoms with E-state index in [0.29, 0.717) is 17.2 Å². The number of hydrogen-bond acceptors (Lipinski definition) is 8. The smallest absolute Gasteiger partial charge is 0.305 e. The maximum atomic E-state index is 13.8. The quantitative estimate of drug-likeness (QED) is 0.488. The predicted molar refractivity (Wildman–Crippen MR) is 139 cm³/mol. The number of hydrogen-bond donors (Lipinski definition) is 2. The highest BCUT2D eigenvalue weighted by Crippen LogP contribution is 2.68. The Morgan fingerprint density at radius 2 is 1.70 bits per heavy atom. The van der Waals surface area contributed by atoms with E-state index in [1.165, 1.54) is 23.3 Å². The van der Waals surface area contributed by atoms with Gasteiger partial charge in [0.25, 0.3) is 0 Å². The Morgan fingerprint density at radius 3 is 2.41 bits per heavy atom. The highest BCUT2D eigenvalue weighted by atomic mass is 32.2. The Morgan fingerprint density at radius 1 is 0.973 bits per heavy atom. The molecule has 3 heterocycles. The van der Waals surface area contributed by atoms with Crippen LogP contribution in [0.3, 0.4) is 0 Å². The molecule has 7 atom stereocenters. The van der Waals surface area contributed by atoms with Crippen molar-refractivity contribution in [1.82, 2.24) is 4.98 Å². The second-order valence-corrected chi connectivity index (χ2v) is 12.3. The third kappa shape index (κ3) is 3.11. The van der Waals surface area contributed by atoms with Gasteiger partial charge < -0.3 is 19.6 Å². The van der Waals surface area contributed by atoms with E-state index in [0.717, 1.165) is 21.9 Å². The van der Waals surface area contributed by atoms with Gasteiger partial charge in [0.05, 0.1) is 36.8 Å². The monoisotopic (exact) mass is 536 g/mol. The number of ether oxygens (including phenoxy) is 2. The second kappa shape index (κ2) is 8.13. The van der Waals surface area contributed by atoms with Crippen LogP contribution in [-0.2, 0) is 9.59 Å². The molecule has 2 aliphatic heterocycles. The third-order valence-electron chi connectivity index (χ3n) is 8.62. The summed E-state index contributed by atoms with van der Waals surface area (Å²) in [6, 6.07) is 12.4. The van der Waals surface area contributed by atoms with Crippen molar-refractivity contribution in [3.63, 3.8) is 0 Å². The first-order valence-corrected chi connectivity index (χ1v) is 13.9. The summed E-state index contributed by atoms with van der Waals surface area (Å²) in [4.78, 5) is 45.1. The lowest BCUT2D eigenvalue weighted by atomic mass is 9.68. The summed E-state index contributed by atoms with van der Waals surface area (Å²) in [7, 11) is 3.09. The molecule has 37 heavy (non-hydrogen) atoms. The number of thiazole rings is 1. The largest absolute Gasteiger partial charge is 0.504 e. The van der Waals surface area contributed by atoms with Crippen molar-refractivity contribution in [3.8, 4) is 17.2 Å². The molecule has 2 aliphatic carbocycles. The lowest BCUT2D eigenvalue weighted by molar-refractivity contribution is -0.123.